The highest BCUT2D eigenvalue weighted by Gasteiger charge is 2.08. The molecule has 0 aliphatic heterocycles. The van der Waals surface area contributed by atoms with Gasteiger partial charge in [0, 0.05) is 12.6 Å². The highest BCUT2D eigenvalue weighted by atomic mass is 35.5. The number of hydrogen-bond acceptors (Lipinski definition) is 3. The molecular formula is C16H22ClN3O. The minimum absolute atomic E-state index is 0.167. The number of hydrogen-bond donors (Lipinski definition) is 1. The molecule has 0 aliphatic carbocycles. The fraction of sp³-hybridized carbons (Fsp3) is 0.438. The van der Waals surface area contributed by atoms with Crippen molar-refractivity contribution in [2.75, 3.05) is 0 Å². The fourth-order valence-corrected chi connectivity index (χ4v) is 2.32. The molecule has 1 heterocycles. The normalized spacial score (nSPS) is 12.4. The summed E-state index contributed by atoms with van der Waals surface area (Å²) in [6, 6.07) is 5.98. The van der Waals surface area contributed by atoms with Gasteiger partial charge in [0.1, 0.15) is 5.75 Å². The number of rotatable bonds is 7. The van der Waals surface area contributed by atoms with Gasteiger partial charge in [-0.15, -0.1) is 0 Å². The highest BCUT2D eigenvalue weighted by molar-refractivity contribution is 6.32. The zero-order valence-electron chi connectivity index (χ0n) is 12.6. The molecule has 1 aromatic heterocycles. The highest BCUT2D eigenvalue weighted by Crippen LogP contribution is 2.30. The minimum atomic E-state index is 0.167. The topological polar surface area (TPSA) is 53.1 Å². The molecule has 4 nitrogen and oxygen atoms in total. The lowest BCUT2D eigenvalue weighted by Gasteiger charge is -2.11. The minimum Gasteiger partial charge on any atom is -0.452 e. The van der Waals surface area contributed by atoms with Gasteiger partial charge in [0.05, 0.1) is 17.4 Å². The quantitative estimate of drug-likeness (QED) is 0.840. The first kappa shape index (κ1) is 15.9. The summed E-state index contributed by atoms with van der Waals surface area (Å²) in [4.78, 5) is 0. The van der Waals surface area contributed by atoms with Crippen molar-refractivity contribution in [2.24, 2.45) is 5.73 Å². The van der Waals surface area contributed by atoms with E-state index in [1.54, 1.807) is 6.20 Å². The molecule has 0 saturated carbocycles. The van der Waals surface area contributed by atoms with E-state index < -0.39 is 0 Å². The summed E-state index contributed by atoms with van der Waals surface area (Å²) in [5.74, 6) is 1.34. The number of nitrogens with zero attached hydrogens (tertiary/aromatic N) is 2. The Morgan fingerprint density at radius 3 is 2.86 bits per heavy atom. The van der Waals surface area contributed by atoms with E-state index in [-0.39, 0.29) is 6.04 Å². The van der Waals surface area contributed by atoms with Crippen molar-refractivity contribution in [2.45, 2.75) is 45.7 Å². The third kappa shape index (κ3) is 4.48. The van der Waals surface area contributed by atoms with E-state index in [1.165, 1.54) is 0 Å². The van der Waals surface area contributed by atoms with Crippen molar-refractivity contribution >= 4 is 11.6 Å². The maximum Gasteiger partial charge on any atom is 0.165 e. The van der Waals surface area contributed by atoms with Crippen LogP contribution in [0, 0.1) is 0 Å². The Hall–Kier alpha value is -1.52. The van der Waals surface area contributed by atoms with Gasteiger partial charge < -0.3 is 10.5 Å². The molecule has 0 amide bonds. The lowest BCUT2D eigenvalue weighted by atomic mass is 10.0. The monoisotopic (exact) mass is 307 g/mol. The van der Waals surface area contributed by atoms with E-state index in [4.69, 9.17) is 22.1 Å². The van der Waals surface area contributed by atoms with Crippen molar-refractivity contribution in [3.05, 3.63) is 41.2 Å². The molecule has 0 aliphatic rings. The standard InChI is InChI=1S/C16H22ClN3O/c1-3-7-20-11-14(10-19-20)21-16-6-5-12(9-15(16)17)8-13(18)4-2/h5-6,9-11,13H,3-4,7-8,18H2,1-2H3. The van der Waals surface area contributed by atoms with Crippen LogP contribution in [-0.2, 0) is 13.0 Å². The zero-order chi connectivity index (χ0) is 15.2. The van der Waals surface area contributed by atoms with Crippen LogP contribution in [0.15, 0.2) is 30.6 Å². The van der Waals surface area contributed by atoms with Gasteiger partial charge in [-0.25, -0.2) is 0 Å². The Bertz CT molecular complexity index is 583. The average Bonchev–Trinajstić information content (AvgIpc) is 2.89. The molecule has 2 rings (SSSR count). The van der Waals surface area contributed by atoms with E-state index in [0.29, 0.717) is 16.5 Å². The van der Waals surface area contributed by atoms with Crippen molar-refractivity contribution in [1.82, 2.24) is 9.78 Å². The maximum atomic E-state index is 6.28. The molecule has 1 unspecified atom stereocenters. The molecule has 2 N–H and O–H groups in total. The molecule has 114 valence electrons. The number of aryl methyl sites for hydroxylation is 1. The summed E-state index contributed by atoms with van der Waals surface area (Å²) >= 11 is 6.28. The molecular weight excluding hydrogens is 286 g/mol. The number of aromatic nitrogens is 2. The van der Waals surface area contributed by atoms with Crippen LogP contribution in [0.3, 0.4) is 0 Å². The van der Waals surface area contributed by atoms with E-state index in [9.17, 15) is 0 Å². The molecule has 1 atom stereocenters. The third-order valence-electron chi connectivity index (χ3n) is 3.31. The van der Waals surface area contributed by atoms with Gasteiger partial charge in [0.15, 0.2) is 5.75 Å². The van der Waals surface area contributed by atoms with E-state index in [2.05, 4.69) is 18.9 Å². The Balaban J connectivity index is 2.06. The first-order chi connectivity index (χ1) is 10.1. The smallest absolute Gasteiger partial charge is 0.165 e. The van der Waals surface area contributed by atoms with Gasteiger partial charge in [-0.05, 0) is 37.0 Å². The van der Waals surface area contributed by atoms with Crippen LogP contribution in [0.1, 0.15) is 32.3 Å². The molecule has 21 heavy (non-hydrogen) atoms. The fourth-order valence-electron chi connectivity index (χ4n) is 2.08. The Morgan fingerprint density at radius 1 is 1.38 bits per heavy atom. The van der Waals surface area contributed by atoms with Gasteiger partial charge in [-0.2, -0.15) is 5.10 Å². The first-order valence-corrected chi connectivity index (χ1v) is 7.74. The predicted octanol–water partition coefficient (Wildman–Crippen LogP) is 4.02. The summed E-state index contributed by atoms with van der Waals surface area (Å²) in [6.45, 7) is 5.07. The molecule has 5 heteroatoms. The van der Waals surface area contributed by atoms with Crippen molar-refractivity contribution in [3.63, 3.8) is 0 Å². The van der Waals surface area contributed by atoms with Crippen LogP contribution in [0.25, 0.3) is 0 Å². The second-order valence-corrected chi connectivity index (χ2v) is 5.59. The van der Waals surface area contributed by atoms with Gasteiger partial charge in [-0.1, -0.05) is 31.5 Å². The largest absolute Gasteiger partial charge is 0.452 e. The van der Waals surface area contributed by atoms with Crippen LogP contribution >= 0.6 is 11.6 Å². The third-order valence-corrected chi connectivity index (χ3v) is 3.60. The predicted molar refractivity (Wildman–Crippen MR) is 86.0 cm³/mol. The van der Waals surface area contributed by atoms with E-state index in [0.717, 1.165) is 31.4 Å². The number of benzene rings is 1. The molecule has 0 bridgehead atoms. The molecule has 2 aromatic rings. The van der Waals surface area contributed by atoms with Gasteiger partial charge in [0.2, 0.25) is 0 Å². The van der Waals surface area contributed by atoms with Crippen LogP contribution in [0.5, 0.6) is 11.5 Å². The van der Waals surface area contributed by atoms with Crippen LogP contribution < -0.4 is 10.5 Å². The molecule has 0 saturated heterocycles. The number of ether oxygens (including phenoxy) is 1. The maximum absolute atomic E-state index is 6.28. The summed E-state index contributed by atoms with van der Waals surface area (Å²) in [7, 11) is 0. The average molecular weight is 308 g/mol. The second kappa shape index (κ2) is 7.48. The number of nitrogens with two attached hydrogens (primary N) is 1. The molecule has 0 radical (unpaired) electrons. The Morgan fingerprint density at radius 2 is 2.19 bits per heavy atom. The van der Waals surface area contributed by atoms with Crippen molar-refractivity contribution in [3.8, 4) is 11.5 Å². The van der Waals surface area contributed by atoms with Crippen molar-refractivity contribution in [1.29, 1.82) is 0 Å². The Labute approximate surface area is 130 Å². The SMILES string of the molecule is CCCn1cc(Oc2ccc(CC(N)CC)cc2Cl)cn1. The van der Waals surface area contributed by atoms with Crippen LogP contribution in [0.2, 0.25) is 5.02 Å². The van der Waals surface area contributed by atoms with Crippen LogP contribution in [0.4, 0.5) is 0 Å². The summed E-state index contributed by atoms with van der Waals surface area (Å²) in [5.41, 5.74) is 7.09. The summed E-state index contributed by atoms with van der Waals surface area (Å²) < 4.78 is 7.63. The van der Waals surface area contributed by atoms with Gasteiger partial charge >= 0.3 is 0 Å². The van der Waals surface area contributed by atoms with Crippen LogP contribution in [-0.4, -0.2) is 15.8 Å². The van der Waals surface area contributed by atoms with Gasteiger partial charge in [0.25, 0.3) is 0 Å². The van der Waals surface area contributed by atoms with Gasteiger partial charge in [-0.3, -0.25) is 4.68 Å². The summed E-state index contributed by atoms with van der Waals surface area (Å²) in [6.07, 6.45) is 6.39. The zero-order valence-corrected chi connectivity index (χ0v) is 13.3. The lowest BCUT2D eigenvalue weighted by molar-refractivity contribution is 0.480. The first-order valence-electron chi connectivity index (χ1n) is 7.36. The van der Waals surface area contributed by atoms with Crippen molar-refractivity contribution < 1.29 is 4.74 Å². The second-order valence-electron chi connectivity index (χ2n) is 5.18. The molecule has 0 spiro atoms. The summed E-state index contributed by atoms with van der Waals surface area (Å²) in [5, 5.41) is 4.83. The van der Waals surface area contributed by atoms with E-state index >= 15 is 0 Å². The molecule has 0 fully saturated rings. The Kier molecular flexibility index (Phi) is 5.65. The van der Waals surface area contributed by atoms with E-state index in [1.807, 2.05) is 29.1 Å². The molecule has 1 aromatic carbocycles. The number of halogens is 1. The lowest BCUT2D eigenvalue weighted by Crippen LogP contribution is -2.21.